The van der Waals surface area contributed by atoms with Gasteiger partial charge in [-0.25, -0.2) is 4.79 Å². The number of fused-ring (bicyclic) bond motifs is 1. The van der Waals surface area contributed by atoms with Crippen molar-refractivity contribution in [2.24, 2.45) is 0 Å². The van der Waals surface area contributed by atoms with Gasteiger partial charge in [-0.05, 0) is 30.7 Å². The fourth-order valence-corrected chi connectivity index (χ4v) is 3.84. The van der Waals surface area contributed by atoms with Crippen molar-refractivity contribution in [3.8, 4) is 0 Å². The molecule has 108 valence electrons. The number of halogens is 3. The third-order valence-corrected chi connectivity index (χ3v) is 4.91. The second-order valence-electron chi connectivity index (χ2n) is 4.87. The number of alkyl halides is 3. The molecule has 0 spiro atoms. The highest BCUT2D eigenvalue weighted by Gasteiger charge is 2.34. The molecule has 0 bridgehead atoms. The zero-order valence-electron chi connectivity index (χ0n) is 10.5. The molecule has 1 aliphatic heterocycles. The minimum Gasteiger partial charge on any atom is -0.305 e. The van der Waals surface area contributed by atoms with Gasteiger partial charge in [0.05, 0.1) is 16.6 Å². The van der Waals surface area contributed by atoms with Crippen LogP contribution in [-0.4, -0.2) is 20.6 Å². The van der Waals surface area contributed by atoms with Gasteiger partial charge >= 0.3 is 11.9 Å². The highest BCUT2D eigenvalue weighted by Crippen LogP contribution is 2.34. The van der Waals surface area contributed by atoms with E-state index in [4.69, 9.17) is 0 Å². The van der Waals surface area contributed by atoms with E-state index in [9.17, 15) is 18.0 Å². The normalized spacial score (nSPS) is 19.9. The van der Waals surface area contributed by atoms with E-state index < -0.39 is 17.4 Å². The summed E-state index contributed by atoms with van der Waals surface area (Å²) in [5.74, 6) is 1.05. The molecule has 7 heteroatoms. The Morgan fingerprint density at radius 1 is 1.40 bits per heavy atom. The van der Waals surface area contributed by atoms with Crippen molar-refractivity contribution in [1.82, 2.24) is 9.55 Å². The fraction of sp³-hybridized carbons (Fsp3) is 0.462. The molecule has 1 saturated heterocycles. The number of rotatable bonds is 2. The van der Waals surface area contributed by atoms with E-state index in [-0.39, 0.29) is 5.52 Å². The highest BCUT2D eigenvalue weighted by atomic mass is 32.2. The Hall–Kier alpha value is -1.37. The molecular weight excluding hydrogens is 289 g/mol. The van der Waals surface area contributed by atoms with Crippen LogP contribution in [0.4, 0.5) is 13.2 Å². The number of hydrogen-bond acceptors (Lipinski definition) is 2. The summed E-state index contributed by atoms with van der Waals surface area (Å²) in [6, 6.07) is 3.89. The summed E-state index contributed by atoms with van der Waals surface area (Å²) >= 11 is 1.77. The van der Waals surface area contributed by atoms with Crippen LogP contribution in [0.2, 0.25) is 0 Å². The lowest BCUT2D eigenvalue weighted by Gasteiger charge is -2.10. The van der Waals surface area contributed by atoms with Gasteiger partial charge < -0.3 is 4.98 Å². The van der Waals surface area contributed by atoms with E-state index in [1.807, 2.05) is 0 Å². The molecule has 0 radical (unpaired) electrons. The molecule has 2 aromatic rings. The molecule has 0 aliphatic carbocycles. The number of aromatic nitrogens is 2. The fourth-order valence-electron chi connectivity index (χ4n) is 2.59. The zero-order chi connectivity index (χ0) is 14.3. The van der Waals surface area contributed by atoms with Crippen molar-refractivity contribution >= 4 is 22.8 Å². The first-order valence-corrected chi connectivity index (χ1v) is 7.42. The maximum atomic E-state index is 12.9. The van der Waals surface area contributed by atoms with Gasteiger partial charge in [0.1, 0.15) is 0 Å². The number of nitrogens with zero attached hydrogens (tertiary/aromatic N) is 1. The van der Waals surface area contributed by atoms with Crippen molar-refractivity contribution in [2.45, 2.75) is 30.8 Å². The molecule has 3 nitrogen and oxygen atoms in total. The smallest absolute Gasteiger partial charge is 0.305 e. The van der Waals surface area contributed by atoms with Crippen molar-refractivity contribution < 1.29 is 13.2 Å². The molecule has 1 unspecified atom stereocenters. The van der Waals surface area contributed by atoms with Crippen LogP contribution < -0.4 is 5.69 Å². The first-order valence-electron chi connectivity index (χ1n) is 6.37. The van der Waals surface area contributed by atoms with Gasteiger partial charge in [-0.1, -0.05) is 6.07 Å². The lowest BCUT2D eigenvalue weighted by atomic mass is 10.1. The number of hydrogen-bond donors (Lipinski definition) is 1. The molecule has 20 heavy (non-hydrogen) atoms. The Kier molecular flexibility index (Phi) is 3.32. The van der Waals surface area contributed by atoms with Crippen molar-refractivity contribution in [3.05, 3.63) is 34.2 Å². The number of para-hydroxylation sites is 1. The van der Waals surface area contributed by atoms with Gasteiger partial charge in [0, 0.05) is 11.8 Å². The molecule has 1 N–H and O–H groups in total. The minimum absolute atomic E-state index is 0.118. The van der Waals surface area contributed by atoms with Gasteiger partial charge in [-0.2, -0.15) is 24.9 Å². The zero-order valence-corrected chi connectivity index (χ0v) is 11.4. The predicted molar refractivity (Wildman–Crippen MR) is 73.0 cm³/mol. The number of H-pyrrole nitrogens is 1. The molecule has 1 fully saturated rings. The van der Waals surface area contributed by atoms with Crippen LogP contribution in [0.3, 0.4) is 0 Å². The number of imidazole rings is 1. The number of benzene rings is 1. The van der Waals surface area contributed by atoms with E-state index in [1.165, 1.54) is 10.6 Å². The van der Waals surface area contributed by atoms with E-state index >= 15 is 0 Å². The van der Waals surface area contributed by atoms with E-state index in [0.717, 1.165) is 24.7 Å². The molecule has 2 heterocycles. The van der Waals surface area contributed by atoms with Crippen LogP contribution in [0.15, 0.2) is 23.0 Å². The largest absolute Gasteiger partial charge is 0.418 e. The summed E-state index contributed by atoms with van der Waals surface area (Å²) in [6.07, 6.45) is -2.36. The van der Waals surface area contributed by atoms with Crippen LogP contribution in [0.1, 0.15) is 18.4 Å². The third kappa shape index (κ3) is 2.34. The van der Waals surface area contributed by atoms with Crippen LogP contribution in [0.25, 0.3) is 11.0 Å². The number of nitrogens with one attached hydrogen (secondary N) is 1. The second kappa shape index (κ2) is 4.87. The van der Waals surface area contributed by atoms with Crippen molar-refractivity contribution in [2.75, 3.05) is 5.75 Å². The predicted octanol–water partition coefficient (Wildman–Crippen LogP) is 3.24. The summed E-state index contributed by atoms with van der Waals surface area (Å²) < 4.78 is 40.2. The average Bonchev–Trinajstić information content (AvgIpc) is 2.97. The molecule has 1 aliphatic rings. The minimum atomic E-state index is -4.46. The molecule has 3 rings (SSSR count). The maximum absolute atomic E-state index is 12.9. The summed E-state index contributed by atoms with van der Waals surface area (Å²) in [7, 11) is 0. The van der Waals surface area contributed by atoms with E-state index in [1.54, 1.807) is 17.8 Å². The summed E-state index contributed by atoms with van der Waals surface area (Å²) in [5, 5.41) is 0.307. The molecule has 0 saturated carbocycles. The summed E-state index contributed by atoms with van der Waals surface area (Å²) in [6.45, 7) is 0.463. The van der Waals surface area contributed by atoms with E-state index in [0.29, 0.717) is 17.3 Å². The van der Waals surface area contributed by atoms with Gasteiger partial charge in [0.2, 0.25) is 0 Å². The maximum Gasteiger partial charge on any atom is 0.418 e. The lowest BCUT2D eigenvalue weighted by Crippen LogP contribution is -2.21. The Balaban J connectivity index is 2.09. The first kappa shape index (κ1) is 13.6. The Labute approximate surface area is 117 Å². The van der Waals surface area contributed by atoms with Gasteiger partial charge in [-0.15, -0.1) is 0 Å². The highest BCUT2D eigenvalue weighted by molar-refractivity contribution is 8.00. The number of thioether (sulfide) groups is 1. The SMILES string of the molecule is O=c1[nH]c2c(C(F)(F)F)cccc2n1CC1CCCS1. The molecule has 1 atom stereocenters. The molecule has 1 aromatic heterocycles. The molecular formula is C13H13F3N2OS. The summed E-state index contributed by atoms with van der Waals surface area (Å²) in [5.41, 5.74) is -1.04. The monoisotopic (exact) mass is 302 g/mol. The van der Waals surface area contributed by atoms with Gasteiger partial charge in [-0.3, -0.25) is 4.57 Å². The van der Waals surface area contributed by atoms with E-state index in [2.05, 4.69) is 4.98 Å². The van der Waals surface area contributed by atoms with Gasteiger partial charge in [0.15, 0.2) is 0 Å². The summed E-state index contributed by atoms with van der Waals surface area (Å²) in [4.78, 5) is 14.3. The van der Waals surface area contributed by atoms with Crippen LogP contribution in [-0.2, 0) is 12.7 Å². The van der Waals surface area contributed by atoms with Crippen LogP contribution >= 0.6 is 11.8 Å². The van der Waals surface area contributed by atoms with Crippen LogP contribution in [0, 0.1) is 0 Å². The molecule has 1 aromatic carbocycles. The lowest BCUT2D eigenvalue weighted by molar-refractivity contribution is -0.136. The second-order valence-corrected chi connectivity index (χ2v) is 6.28. The Morgan fingerprint density at radius 2 is 2.20 bits per heavy atom. The average molecular weight is 302 g/mol. The van der Waals surface area contributed by atoms with Gasteiger partial charge in [0.25, 0.3) is 0 Å². The Bertz CT molecular complexity index is 683. The third-order valence-electron chi connectivity index (χ3n) is 3.53. The standard InChI is InChI=1S/C13H13F3N2OS/c14-13(15,16)9-4-1-5-10-11(9)17-12(19)18(10)7-8-3-2-6-20-8/h1,4-5,8H,2-3,6-7H2,(H,17,19). The van der Waals surface area contributed by atoms with Crippen molar-refractivity contribution in [1.29, 1.82) is 0 Å². The van der Waals surface area contributed by atoms with Crippen LogP contribution in [0.5, 0.6) is 0 Å². The topological polar surface area (TPSA) is 37.8 Å². The first-order chi connectivity index (χ1) is 9.47. The number of aromatic amines is 1. The quantitative estimate of drug-likeness (QED) is 0.925. The van der Waals surface area contributed by atoms with Crippen molar-refractivity contribution in [3.63, 3.8) is 0 Å². The Morgan fingerprint density at radius 3 is 2.85 bits per heavy atom. The molecule has 0 amide bonds.